The second-order valence-corrected chi connectivity index (χ2v) is 20.8. The highest BCUT2D eigenvalue weighted by Gasteiger charge is 2.17. The highest BCUT2D eigenvalue weighted by atomic mass is 16.5. The summed E-state index contributed by atoms with van der Waals surface area (Å²) < 4.78 is 21.4. The number of aryl methyl sites for hydroxylation is 1. The van der Waals surface area contributed by atoms with Crippen LogP contribution in [0.1, 0.15) is 208 Å². The molecule has 0 saturated heterocycles. The first kappa shape index (κ1) is 68.7. The van der Waals surface area contributed by atoms with Crippen molar-refractivity contribution < 1.29 is 18.9 Å². The van der Waals surface area contributed by atoms with Crippen LogP contribution in [0, 0.1) is 30.6 Å². The van der Waals surface area contributed by atoms with Gasteiger partial charge in [0, 0.05) is 28.4 Å². The standard InChI is InChI=1S/C11H22.2C10H20O2.C10H20.C7H8.3C6H6.C2H6/c1-10-6-3-4-7-11(2)9-5-8-10;2*1-11-9-5-3-7-10(12-2)8-4-6-9;1-9-5-3-7-10(2)8-4-6-9;1-7-5-3-2-4-6-7;3*1-2-4-6-5-3-1;1-2/h10-11H,3-9H2,1-2H3;2*9-10H,3-8H2,1-2H3;9-10H,3-8H2,1-2H3;2-6H,1H3;3*1-6H;1-2H3. The second-order valence-electron chi connectivity index (χ2n) is 20.8. The highest BCUT2D eigenvalue weighted by molar-refractivity contribution is 5.11. The van der Waals surface area contributed by atoms with Crippen molar-refractivity contribution in [1.82, 2.24) is 0 Å². The van der Waals surface area contributed by atoms with Crippen LogP contribution in [0.3, 0.4) is 0 Å². The van der Waals surface area contributed by atoms with E-state index < -0.39 is 0 Å². The molecule has 0 spiro atoms. The summed E-state index contributed by atoms with van der Waals surface area (Å²) in [5.41, 5.74) is 1.32. The SMILES string of the molecule is CC.CC1CCCC(C)CCC1.CC1CCCCC(C)CCC1.COC1CCCC(OC)CCC1.COC1CCCC(OC)CCC1.Cc1ccccc1.c1ccccc1.c1ccccc1.c1ccccc1. The zero-order chi connectivity index (χ0) is 53.0. The first-order valence-corrected chi connectivity index (χ1v) is 29.3. The van der Waals surface area contributed by atoms with Crippen molar-refractivity contribution in [2.24, 2.45) is 23.7 Å². The smallest absolute Gasteiger partial charge is 0.0571 e. The van der Waals surface area contributed by atoms with Gasteiger partial charge in [0.15, 0.2) is 0 Å². The Bertz CT molecular complexity index is 1300. The molecule has 0 N–H and O–H groups in total. The van der Waals surface area contributed by atoms with Gasteiger partial charge in [-0.1, -0.05) is 270 Å². The van der Waals surface area contributed by atoms with Crippen LogP contribution in [0.25, 0.3) is 0 Å². The first-order chi connectivity index (χ1) is 35.2. The van der Waals surface area contributed by atoms with Gasteiger partial charge in [-0.2, -0.15) is 0 Å². The lowest BCUT2D eigenvalue weighted by molar-refractivity contribution is 0.0411. The molecule has 4 aromatic carbocycles. The lowest BCUT2D eigenvalue weighted by Crippen LogP contribution is -2.18. The average molecular weight is 996 g/mol. The molecule has 0 bridgehead atoms. The van der Waals surface area contributed by atoms with Gasteiger partial charge < -0.3 is 18.9 Å². The molecule has 72 heavy (non-hydrogen) atoms. The summed E-state index contributed by atoms with van der Waals surface area (Å²) in [6, 6.07) is 46.3. The van der Waals surface area contributed by atoms with Crippen LogP contribution in [-0.4, -0.2) is 52.9 Å². The molecule has 0 aromatic heterocycles. The molecular weight excluding hydrogens is 881 g/mol. The third kappa shape index (κ3) is 45.3. The van der Waals surface area contributed by atoms with Gasteiger partial charge in [0.2, 0.25) is 0 Å². The fourth-order valence-corrected chi connectivity index (χ4v) is 9.51. The van der Waals surface area contributed by atoms with Crippen molar-refractivity contribution in [3.05, 3.63) is 145 Å². The van der Waals surface area contributed by atoms with Gasteiger partial charge in [-0.05, 0) is 108 Å². The van der Waals surface area contributed by atoms with E-state index in [1.165, 1.54) is 166 Å². The number of hydrogen-bond donors (Lipinski definition) is 0. The summed E-state index contributed by atoms with van der Waals surface area (Å²) >= 11 is 0. The molecule has 2 atom stereocenters. The molecule has 4 aliphatic carbocycles. The van der Waals surface area contributed by atoms with Gasteiger partial charge in [-0.15, -0.1) is 0 Å². The minimum Gasteiger partial charge on any atom is -0.381 e. The first-order valence-electron chi connectivity index (χ1n) is 29.3. The van der Waals surface area contributed by atoms with Crippen LogP contribution < -0.4 is 0 Å². The van der Waals surface area contributed by atoms with Gasteiger partial charge in [0.1, 0.15) is 0 Å². The Morgan fingerprint density at radius 3 is 0.556 bits per heavy atom. The molecule has 410 valence electrons. The summed E-state index contributed by atoms with van der Waals surface area (Å²) in [4.78, 5) is 0. The molecule has 4 fully saturated rings. The predicted molar refractivity (Wildman–Crippen MR) is 317 cm³/mol. The Labute approximate surface area is 447 Å². The molecule has 4 aromatic rings. The van der Waals surface area contributed by atoms with Crippen molar-refractivity contribution in [2.75, 3.05) is 28.4 Å². The number of methoxy groups -OCH3 is 4. The van der Waals surface area contributed by atoms with Gasteiger partial charge in [0.05, 0.1) is 24.4 Å². The normalized spacial score (nSPS) is 24.3. The van der Waals surface area contributed by atoms with E-state index >= 15 is 0 Å². The van der Waals surface area contributed by atoms with Gasteiger partial charge in [-0.25, -0.2) is 0 Å². The van der Waals surface area contributed by atoms with E-state index in [1.54, 1.807) is 0 Å². The maximum atomic E-state index is 5.35. The summed E-state index contributed by atoms with van der Waals surface area (Å²) in [5, 5.41) is 0. The molecule has 0 amide bonds. The zero-order valence-corrected chi connectivity index (χ0v) is 48.7. The van der Waals surface area contributed by atoms with E-state index in [-0.39, 0.29) is 0 Å². The number of ether oxygens (including phenoxy) is 4. The summed E-state index contributed by atoms with van der Waals surface area (Å²) in [7, 11) is 7.28. The Morgan fingerprint density at radius 1 is 0.250 bits per heavy atom. The van der Waals surface area contributed by atoms with E-state index in [0.717, 1.165) is 23.7 Å². The van der Waals surface area contributed by atoms with Crippen molar-refractivity contribution in [3.8, 4) is 0 Å². The molecular formula is C68H114O4. The lowest BCUT2D eigenvalue weighted by atomic mass is 9.88. The van der Waals surface area contributed by atoms with E-state index in [0.29, 0.717) is 24.4 Å². The summed E-state index contributed by atoms with van der Waals surface area (Å²) in [6.45, 7) is 15.7. The zero-order valence-electron chi connectivity index (χ0n) is 48.7. The topological polar surface area (TPSA) is 36.9 Å². The molecule has 4 saturated carbocycles. The number of hydrogen-bond acceptors (Lipinski definition) is 4. The van der Waals surface area contributed by atoms with Crippen molar-refractivity contribution in [3.63, 3.8) is 0 Å². The van der Waals surface area contributed by atoms with Crippen LogP contribution >= 0.6 is 0 Å². The average Bonchev–Trinajstić information content (AvgIpc) is 3.50. The minimum absolute atomic E-state index is 0.503. The van der Waals surface area contributed by atoms with Gasteiger partial charge in [0.25, 0.3) is 0 Å². The Kier molecular flexibility index (Phi) is 50.2. The van der Waals surface area contributed by atoms with Crippen LogP contribution in [0.4, 0.5) is 0 Å². The molecule has 0 heterocycles. The monoisotopic (exact) mass is 995 g/mol. The van der Waals surface area contributed by atoms with E-state index in [2.05, 4.69) is 46.8 Å². The molecule has 0 radical (unpaired) electrons. The van der Waals surface area contributed by atoms with Crippen LogP contribution in [0.5, 0.6) is 0 Å². The third-order valence-electron chi connectivity index (χ3n) is 14.3. The van der Waals surface area contributed by atoms with Crippen molar-refractivity contribution >= 4 is 0 Å². The van der Waals surface area contributed by atoms with E-state index in [4.69, 9.17) is 18.9 Å². The minimum atomic E-state index is 0.503. The highest BCUT2D eigenvalue weighted by Crippen LogP contribution is 2.26. The Morgan fingerprint density at radius 2 is 0.403 bits per heavy atom. The van der Waals surface area contributed by atoms with Gasteiger partial charge >= 0.3 is 0 Å². The van der Waals surface area contributed by atoms with Crippen molar-refractivity contribution in [1.29, 1.82) is 0 Å². The largest absolute Gasteiger partial charge is 0.381 e. The second kappa shape index (κ2) is 52.6. The Balaban J connectivity index is 0.000000807. The third-order valence-corrected chi connectivity index (χ3v) is 14.3. The molecule has 4 heteroatoms. The molecule has 4 aliphatic rings. The molecule has 2 unspecified atom stereocenters. The fraction of sp³-hybridized carbons (Fsp3) is 0.647. The Hall–Kier alpha value is -3.28. The van der Waals surface area contributed by atoms with Crippen LogP contribution in [0.15, 0.2) is 140 Å². The molecule has 4 nitrogen and oxygen atoms in total. The van der Waals surface area contributed by atoms with E-state index in [1.807, 2.05) is 170 Å². The summed E-state index contributed by atoms with van der Waals surface area (Å²) in [6.07, 6.45) is 35.8. The predicted octanol–water partition coefficient (Wildman–Crippen LogP) is 20.4. The van der Waals surface area contributed by atoms with Crippen LogP contribution in [0.2, 0.25) is 0 Å². The van der Waals surface area contributed by atoms with E-state index in [9.17, 15) is 0 Å². The fourth-order valence-electron chi connectivity index (χ4n) is 9.51. The van der Waals surface area contributed by atoms with Crippen molar-refractivity contribution in [2.45, 2.75) is 233 Å². The quantitative estimate of drug-likeness (QED) is 0.204. The molecule has 0 aliphatic heterocycles. The lowest BCUT2D eigenvalue weighted by Gasteiger charge is -2.22. The summed E-state index contributed by atoms with van der Waals surface area (Å²) in [5.74, 6) is 4.01. The maximum absolute atomic E-state index is 5.35. The van der Waals surface area contributed by atoms with Gasteiger partial charge in [-0.3, -0.25) is 0 Å². The number of rotatable bonds is 4. The number of benzene rings is 4. The van der Waals surface area contributed by atoms with Crippen LogP contribution in [-0.2, 0) is 18.9 Å². The maximum Gasteiger partial charge on any atom is 0.0571 e. The molecule has 8 rings (SSSR count).